The molecule has 0 saturated carbocycles. The minimum absolute atomic E-state index is 0.290. The third-order valence-electron chi connectivity index (χ3n) is 2.21. The Morgan fingerprint density at radius 2 is 2.16 bits per heavy atom. The molecule has 0 heterocycles. The first-order chi connectivity index (χ1) is 8.85. The van der Waals surface area contributed by atoms with E-state index in [2.05, 4.69) is 15.9 Å². The first kappa shape index (κ1) is 15.6. The summed E-state index contributed by atoms with van der Waals surface area (Å²) in [5.74, 6) is -1.09. The van der Waals surface area contributed by atoms with Crippen LogP contribution in [-0.4, -0.2) is 31.7 Å². The van der Waals surface area contributed by atoms with Crippen LogP contribution in [-0.2, 0) is 20.6 Å². The maximum absolute atomic E-state index is 12.1. The zero-order valence-corrected chi connectivity index (χ0v) is 12.3. The van der Waals surface area contributed by atoms with Crippen LogP contribution < -0.4 is 5.73 Å². The molecule has 19 heavy (non-hydrogen) atoms. The van der Waals surface area contributed by atoms with E-state index in [9.17, 15) is 13.2 Å². The van der Waals surface area contributed by atoms with Crippen LogP contribution in [0.1, 0.15) is 5.56 Å². The number of primary amides is 1. The van der Waals surface area contributed by atoms with E-state index in [1.165, 1.54) is 0 Å². The Bertz CT molecular complexity index is 610. The van der Waals surface area contributed by atoms with Crippen LogP contribution in [0.3, 0.4) is 0 Å². The monoisotopic (exact) mass is 345 g/mol. The molecule has 0 aliphatic carbocycles. The number of nitrogens with two attached hydrogens (primary N) is 1. The summed E-state index contributed by atoms with van der Waals surface area (Å²) in [4.78, 5) is 10.8. The van der Waals surface area contributed by atoms with Gasteiger partial charge in [-0.05, 0) is 17.7 Å². The highest BCUT2D eigenvalue weighted by Gasteiger charge is 2.23. The zero-order chi connectivity index (χ0) is 14.5. The third-order valence-corrected chi connectivity index (χ3v) is 4.45. The van der Waals surface area contributed by atoms with E-state index in [0.717, 1.165) is 8.78 Å². The Labute approximate surface area is 120 Å². The molecule has 102 valence electrons. The van der Waals surface area contributed by atoms with Gasteiger partial charge in [-0.25, -0.2) is 8.42 Å². The summed E-state index contributed by atoms with van der Waals surface area (Å²) in [5, 5.41) is 8.61. The second-order valence-corrected chi connectivity index (χ2v) is 6.66. The molecule has 0 saturated heterocycles. The lowest BCUT2D eigenvalue weighted by Gasteiger charge is -2.17. The van der Waals surface area contributed by atoms with Gasteiger partial charge in [-0.2, -0.15) is 9.57 Å². The maximum atomic E-state index is 12.1. The number of carbonyl (C=O) groups excluding carboxylic acids is 1. The fraction of sp³-hybridized carbons (Fsp3) is 0.273. The number of rotatable bonds is 6. The van der Waals surface area contributed by atoms with Crippen molar-refractivity contribution in [3.63, 3.8) is 0 Å². The molecule has 0 aliphatic heterocycles. The van der Waals surface area contributed by atoms with E-state index in [1.54, 1.807) is 30.3 Å². The van der Waals surface area contributed by atoms with Crippen molar-refractivity contribution in [2.45, 2.75) is 5.75 Å². The van der Waals surface area contributed by atoms with Crippen LogP contribution in [0.2, 0.25) is 0 Å². The van der Waals surface area contributed by atoms with E-state index in [-0.39, 0.29) is 5.75 Å². The first-order valence-corrected chi connectivity index (χ1v) is 7.63. The Morgan fingerprint density at radius 1 is 1.47 bits per heavy atom. The van der Waals surface area contributed by atoms with Gasteiger partial charge in [0, 0.05) is 4.47 Å². The average Bonchev–Trinajstić information content (AvgIpc) is 2.27. The molecule has 0 aromatic heterocycles. The molecule has 0 atom stereocenters. The molecule has 1 amide bonds. The molecule has 0 bridgehead atoms. The number of benzene rings is 1. The highest BCUT2D eigenvalue weighted by Crippen LogP contribution is 2.15. The number of hydrogen-bond acceptors (Lipinski definition) is 4. The van der Waals surface area contributed by atoms with Crippen molar-refractivity contribution >= 4 is 31.9 Å². The van der Waals surface area contributed by atoms with Crippen LogP contribution in [0.4, 0.5) is 0 Å². The number of amides is 1. The summed E-state index contributed by atoms with van der Waals surface area (Å²) in [6.07, 6.45) is 0. The maximum Gasteiger partial charge on any atom is 0.232 e. The van der Waals surface area contributed by atoms with Crippen molar-refractivity contribution in [3.05, 3.63) is 34.3 Å². The van der Waals surface area contributed by atoms with Gasteiger partial charge < -0.3 is 5.73 Å². The Kier molecular flexibility index (Phi) is 5.47. The summed E-state index contributed by atoms with van der Waals surface area (Å²) in [6, 6.07) is 8.49. The third kappa shape index (κ3) is 4.98. The van der Waals surface area contributed by atoms with E-state index in [4.69, 9.17) is 11.0 Å². The molecular weight excluding hydrogens is 334 g/mol. The van der Waals surface area contributed by atoms with Gasteiger partial charge in [0.25, 0.3) is 0 Å². The first-order valence-electron chi connectivity index (χ1n) is 5.22. The number of hydrogen-bond donors (Lipinski definition) is 1. The van der Waals surface area contributed by atoms with E-state index in [1.807, 2.05) is 0 Å². The molecule has 0 aliphatic rings. The summed E-state index contributed by atoms with van der Waals surface area (Å²) < 4.78 is 25.7. The fourth-order valence-electron chi connectivity index (χ4n) is 1.43. The summed E-state index contributed by atoms with van der Waals surface area (Å²) in [5.41, 5.74) is 5.53. The quantitative estimate of drug-likeness (QED) is 0.761. The molecule has 1 rings (SSSR count). The second-order valence-electron chi connectivity index (χ2n) is 3.78. The van der Waals surface area contributed by atoms with E-state index in [0.29, 0.717) is 5.56 Å². The SMILES string of the molecule is N#CCN(CC(N)=O)S(=O)(=O)Cc1cccc(Br)c1. The van der Waals surface area contributed by atoms with Gasteiger partial charge >= 0.3 is 0 Å². The van der Waals surface area contributed by atoms with Gasteiger partial charge in [0.1, 0.15) is 6.54 Å². The molecule has 0 spiro atoms. The molecule has 8 heteroatoms. The summed E-state index contributed by atoms with van der Waals surface area (Å²) in [6.45, 7) is -0.900. The number of nitriles is 1. The number of halogens is 1. The highest BCUT2D eigenvalue weighted by atomic mass is 79.9. The second kappa shape index (κ2) is 6.65. The van der Waals surface area contributed by atoms with Gasteiger partial charge in [-0.15, -0.1) is 0 Å². The van der Waals surface area contributed by atoms with E-state index < -0.39 is 29.0 Å². The van der Waals surface area contributed by atoms with Crippen LogP contribution in [0.25, 0.3) is 0 Å². The zero-order valence-electron chi connectivity index (χ0n) is 9.91. The van der Waals surface area contributed by atoms with Crippen LogP contribution in [0.5, 0.6) is 0 Å². The van der Waals surface area contributed by atoms with Gasteiger partial charge in [0.2, 0.25) is 15.9 Å². The van der Waals surface area contributed by atoms with Crippen molar-refractivity contribution in [1.82, 2.24) is 4.31 Å². The number of nitrogens with zero attached hydrogens (tertiary/aromatic N) is 2. The Balaban J connectivity index is 2.95. The van der Waals surface area contributed by atoms with Gasteiger partial charge in [-0.3, -0.25) is 4.79 Å². The predicted molar refractivity (Wildman–Crippen MR) is 73.1 cm³/mol. The highest BCUT2D eigenvalue weighted by molar-refractivity contribution is 9.10. The van der Waals surface area contributed by atoms with Crippen molar-refractivity contribution in [2.75, 3.05) is 13.1 Å². The number of sulfonamides is 1. The molecule has 1 aromatic rings. The molecule has 0 fully saturated rings. The fourth-order valence-corrected chi connectivity index (χ4v) is 3.24. The molecular formula is C11H12BrN3O3S. The van der Waals surface area contributed by atoms with Crippen molar-refractivity contribution in [1.29, 1.82) is 5.26 Å². The Morgan fingerprint density at radius 3 is 2.68 bits per heavy atom. The normalized spacial score (nSPS) is 11.2. The smallest absolute Gasteiger partial charge is 0.232 e. The van der Waals surface area contributed by atoms with Crippen LogP contribution in [0, 0.1) is 11.3 Å². The predicted octanol–water partition coefficient (Wildman–Crippen LogP) is 0.590. The largest absolute Gasteiger partial charge is 0.369 e. The topological polar surface area (TPSA) is 104 Å². The van der Waals surface area contributed by atoms with Gasteiger partial charge in [0.15, 0.2) is 0 Å². The van der Waals surface area contributed by atoms with Gasteiger partial charge in [-0.1, -0.05) is 28.1 Å². The molecule has 0 radical (unpaired) electrons. The van der Waals surface area contributed by atoms with Gasteiger partial charge in [0.05, 0.1) is 18.4 Å². The molecule has 2 N–H and O–H groups in total. The average molecular weight is 346 g/mol. The lowest BCUT2D eigenvalue weighted by atomic mass is 10.2. The minimum atomic E-state index is -3.76. The molecule has 0 unspecified atom stereocenters. The summed E-state index contributed by atoms with van der Waals surface area (Å²) in [7, 11) is -3.76. The molecule has 1 aromatic carbocycles. The standard InChI is InChI=1S/C11H12BrN3O3S/c12-10-3-1-2-9(6-10)8-19(17,18)15(5-4-13)7-11(14)16/h1-3,6H,5,7-8H2,(H2,14,16). The lowest BCUT2D eigenvalue weighted by molar-refractivity contribution is -0.118. The number of carbonyl (C=O) groups is 1. The van der Waals surface area contributed by atoms with Crippen molar-refractivity contribution in [3.8, 4) is 6.07 Å². The van der Waals surface area contributed by atoms with Crippen molar-refractivity contribution < 1.29 is 13.2 Å². The Hall–Kier alpha value is -1.43. The van der Waals surface area contributed by atoms with Crippen molar-refractivity contribution in [2.24, 2.45) is 5.73 Å². The van der Waals surface area contributed by atoms with Crippen LogP contribution in [0.15, 0.2) is 28.7 Å². The van der Waals surface area contributed by atoms with E-state index >= 15 is 0 Å². The lowest BCUT2D eigenvalue weighted by Crippen LogP contribution is -2.39. The molecule has 6 nitrogen and oxygen atoms in total. The summed E-state index contributed by atoms with van der Waals surface area (Å²) >= 11 is 3.24. The minimum Gasteiger partial charge on any atom is -0.369 e. The van der Waals surface area contributed by atoms with Crippen LogP contribution >= 0.6 is 15.9 Å².